The van der Waals surface area contributed by atoms with Crippen molar-refractivity contribution in [2.75, 3.05) is 26.7 Å². The molecule has 3 aromatic rings. The number of fused-ring (bicyclic) bond motifs is 2. The van der Waals surface area contributed by atoms with Gasteiger partial charge in [-0.15, -0.1) is 0 Å². The summed E-state index contributed by atoms with van der Waals surface area (Å²) in [4.78, 5) is 16.5. The summed E-state index contributed by atoms with van der Waals surface area (Å²) in [5.41, 5.74) is 0.865. The molecule has 2 aliphatic rings. The topological polar surface area (TPSA) is 48.1 Å². The molecule has 2 unspecified atom stereocenters. The number of benzene rings is 1. The number of nitrogens with one attached hydrogen (secondary N) is 1. The Labute approximate surface area is 183 Å². The van der Waals surface area contributed by atoms with Crippen LogP contribution < -0.4 is 0 Å². The highest BCUT2D eigenvalue weighted by atomic mass is 19.4. The first kappa shape index (κ1) is 21.3. The Balaban J connectivity index is 1.18. The van der Waals surface area contributed by atoms with Crippen molar-refractivity contribution in [1.29, 1.82) is 0 Å². The molecule has 0 spiro atoms. The molecule has 0 bridgehead atoms. The number of aromatic amines is 1. The number of aromatic nitrogens is 3. The van der Waals surface area contributed by atoms with Crippen LogP contribution in [0.5, 0.6) is 0 Å². The summed E-state index contributed by atoms with van der Waals surface area (Å²) in [7, 11) is 1.81. The number of hydrogen-bond acceptors (Lipinski definition) is 4. The molecule has 32 heavy (non-hydrogen) atoms. The summed E-state index contributed by atoms with van der Waals surface area (Å²) in [6.45, 7) is 4.81. The minimum atomic E-state index is -4.48. The summed E-state index contributed by atoms with van der Waals surface area (Å²) in [6, 6.07) is 6.68. The second kappa shape index (κ2) is 7.81. The van der Waals surface area contributed by atoms with Gasteiger partial charge in [0.2, 0.25) is 0 Å². The SMILES string of the molecule is CC(c1nc2ncccc2[nH]1)N1C[C@@H]2C(CN(C)Cc3cc(F)ccc3C(F)(F)F)[C@@H]2C1. The Morgan fingerprint density at radius 1 is 1.22 bits per heavy atom. The molecule has 1 aromatic carbocycles. The predicted octanol–water partition coefficient (Wildman–Crippen LogP) is 4.49. The van der Waals surface area contributed by atoms with Gasteiger partial charge in [0.25, 0.3) is 0 Å². The monoisotopic (exact) mass is 447 g/mol. The van der Waals surface area contributed by atoms with Crippen LogP contribution in [0.4, 0.5) is 17.6 Å². The van der Waals surface area contributed by atoms with Crippen LogP contribution in [0.25, 0.3) is 11.2 Å². The molecule has 1 aliphatic heterocycles. The van der Waals surface area contributed by atoms with E-state index in [1.807, 2.05) is 17.0 Å². The average molecular weight is 447 g/mol. The van der Waals surface area contributed by atoms with Gasteiger partial charge in [-0.1, -0.05) is 0 Å². The average Bonchev–Trinajstić information content (AvgIpc) is 3.11. The van der Waals surface area contributed by atoms with Crippen molar-refractivity contribution in [3.63, 3.8) is 0 Å². The second-order valence-corrected chi connectivity index (χ2v) is 9.11. The minimum absolute atomic E-state index is 0.0143. The number of hydrogen-bond donors (Lipinski definition) is 1. The van der Waals surface area contributed by atoms with Gasteiger partial charge in [-0.05, 0) is 67.6 Å². The molecule has 0 amide bonds. The van der Waals surface area contributed by atoms with Crippen molar-refractivity contribution in [3.8, 4) is 0 Å². The first-order valence-electron chi connectivity index (χ1n) is 10.8. The summed E-state index contributed by atoms with van der Waals surface area (Å²) >= 11 is 0. The van der Waals surface area contributed by atoms with Crippen molar-refractivity contribution >= 4 is 11.2 Å². The van der Waals surface area contributed by atoms with Crippen LogP contribution in [0.1, 0.15) is 29.9 Å². The summed E-state index contributed by atoms with van der Waals surface area (Å²) < 4.78 is 53.4. The van der Waals surface area contributed by atoms with E-state index in [4.69, 9.17) is 0 Å². The number of halogens is 4. The maximum atomic E-state index is 13.6. The first-order valence-corrected chi connectivity index (χ1v) is 10.8. The molecule has 2 aromatic heterocycles. The van der Waals surface area contributed by atoms with Crippen LogP contribution >= 0.6 is 0 Å². The number of alkyl halides is 3. The van der Waals surface area contributed by atoms with Crippen LogP contribution in [-0.2, 0) is 12.7 Å². The number of likely N-dealkylation sites (tertiary alicyclic amines) is 1. The Morgan fingerprint density at radius 2 is 1.97 bits per heavy atom. The number of H-pyrrole nitrogens is 1. The van der Waals surface area contributed by atoms with Crippen LogP contribution in [0.2, 0.25) is 0 Å². The quantitative estimate of drug-likeness (QED) is 0.566. The van der Waals surface area contributed by atoms with E-state index < -0.39 is 17.6 Å². The lowest BCUT2D eigenvalue weighted by atomic mass is 10.1. The fourth-order valence-corrected chi connectivity index (χ4v) is 5.19. The van der Waals surface area contributed by atoms with E-state index in [0.717, 1.165) is 42.6 Å². The van der Waals surface area contributed by atoms with Gasteiger partial charge in [-0.2, -0.15) is 13.2 Å². The maximum Gasteiger partial charge on any atom is 0.416 e. The van der Waals surface area contributed by atoms with E-state index in [2.05, 4.69) is 26.8 Å². The van der Waals surface area contributed by atoms with E-state index in [9.17, 15) is 17.6 Å². The third kappa shape index (κ3) is 3.99. The van der Waals surface area contributed by atoms with Gasteiger partial charge in [0.05, 0.1) is 17.1 Å². The third-order valence-electron chi connectivity index (χ3n) is 6.95. The Kier molecular flexibility index (Phi) is 5.21. The standard InChI is InChI=1S/C23H25F4N5/c1-13(21-29-20-4-3-7-28-22(20)30-21)32-11-17-16(18(17)12-32)10-31(2)9-14-8-15(24)5-6-19(14)23(25,26)27/h3-8,13,16-18H,9-12H2,1-2H3,(H,28,29,30)/t13?,16?,17-,18+. The molecule has 170 valence electrons. The smallest absolute Gasteiger partial charge is 0.339 e. The van der Waals surface area contributed by atoms with E-state index in [0.29, 0.717) is 29.9 Å². The van der Waals surface area contributed by atoms with Crippen molar-refractivity contribution in [3.05, 3.63) is 59.3 Å². The van der Waals surface area contributed by atoms with Crippen LogP contribution in [0.15, 0.2) is 36.5 Å². The van der Waals surface area contributed by atoms with Crippen LogP contribution in [-0.4, -0.2) is 51.4 Å². The molecule has 2 fully saturated rings. The van der Waals surface area contributed by atoms with Crippen LogP contribution in [0.3, 0.4) is 0 Å². The normalized spacial score (nSPS) is 24.3. The van der Waals surface area contributed by atoms with E-state index in [1.165, 1.54) is 0 Å². The fraction of sp³-hybridized carbons (Fsp3) is 0.478. The molecular weight excluding hydrogens is 422 g/mol. The highest BCUT2D eigenvalue weighted by Crippen LogP contribution is 2.53. The zero-order valence-corrected chi connectivity index (χ0v) is 17.9. The number of pyridine rings is 1. The molecule has 5 nitrogen and oxygen atoms in total. The van der Waals surface area contributed by atoms with Gasteiger partial charge in [0.1, 0.15) is 11.6 Å². The highest BCUT2D eigenvalue weighted by molar-refractivity contribution is 5.70. The van der Waals surface area contributed by atoms with E-state index >= 15 is 0 Å². The van der Waals surface area contributed by atoms with Gasteiger partial charge in [0.15, 0.2) is 5.65 Å². The number of imidazole rings is 1. The van der Waals surface area contributed by atoms with Gasteiger partial charge in [0, 0.05) is 32.4 Å². The largest absolute Gasteiger partial charge is 0.416 e. The number of piperidine rings is 1. The van der Waals surface area contributed by atoms with E-state index in [1.54, 1.807) is 13.2 Å². The summed E-state index contributed by atoms with van der Waals surface area (Å²) in [6.07, 6.45) is -2.76. The Hall–Kier alpha value is -2.52. The molecule has 9 heteroatoms. The minimum Gasteiger partial charge on any atom is -0.339 e. The molecule has 1 saturated carbocycles. The van der Waals surface area contributed by atoms with E-state index in [-0.39, 0.29) is 18.2 Å². The Morgan fingerprint density at radius 3 is 2.66 bits per heavy atom. The zero-order chi connectivity index (χ0) is 22.6. The molecule has 1 N–H and O–H groups in total. The van der Waals surface area contributed by atoms with Gasteiger partial charge < -0.3 is 9.88 Å². The van der Waals surface area contributed by atoms with Crippen molar-refractivity contribution in [2.45, 2.75) is 25.7 Å². The Bertz CT molecular complexity index is 1080. The molecule has 1 saturated heterocycles. The molecule has 1 aliphatic carbocycles. The molecule has 5 rings (SSSR count). The fourth-order valence-electron chi connectivity index (χ4n) is 5.19. The van der Waals surface area contributed by atoms with Gasteiger partial charge in [-0.3, -0.25) is 4.90 Å². The number of nitrogens with zero attached hydrogens (tertiary/aromatic N) is 4. The second-order valence-electron chi connectivity index (χ2n) is 9.11. The van der Waals surface area contributed by atoms with Gasteiger partial charge in [-0.25, -0.2) is 14.4 Å². The van der Waals surface area contributed by atoms with Crippen molar-refractivity contribution in [1.82, 2.24) is 24.8 Å². The van der Waals surface area contributed by atoms with Crippen molar-refractivity contribution < 1.29 is 17.6 Å². The summed E-state index contributed by atoms with van der Waals surface area (Å²) in [5, 5.41) is 0. The number of rotatable bonds is 6. The van der Waals surface area contributed by atoms with Crippen molar-refractivity contribution in [2.24, 2.45) is 17.8 Å². The zero-order valence-electron chi connectivity index (χ0n) is 17.9. The first-order chi connectivity index (χ1) is 15.2. The lowest BCUT2D eigenvalue weighted by molar-refractivity contribution is -0.138. The molecular formula is C23H25F4N5. The lowest BCUT2D eigenvalue weighted by Crippen LogP contribution is -2.31. The highest BCUT2D eigenvalue weighted by Gasteiger charge is 2.56. The molecule has 0 radical (unpaired) electrons. The molecule has 3 heterocycles. The molecule has 4 atom stereocenters. The van der Waals surface area contributed by atoms with Crippen LogP contribution in [0, 0.1) is 23.6 Å². The predicted molar refractivity (Wildman–Crippen MR) is 112 cm³/mol. The lowest BCUT2D eigenvalue weighted by Gasteiger charge is -2.26. The maximum absolute atomic E-state index is 13.6. The van der Waals surface area contributed by atoms with Gasteiger partial charge >= 0.3 is 6.18 Å². The third-order valence-corrected chi connectivity index (χ3v) is 6.95. The summed E-state index contributed by atoms with van der Waals surface area (Å²) in [5.74, 6) is 1.80.